The zero-order valence-electron chi connectivity index (χ0n) is 10.0. The van der Waals surface area contributed by atoms with Crippen LogP contribution in [-0.4, -0.2) is 39.7 Å². The summed E-state index contributed by atoms with van der Waals surface area (Å²) in [4.78, 5) is 11.1. The average molecular weight is 265 g/mol. The van der Waals surface area contributed by atoms with Gasteiger partial charge in [0.15, 0.2) is 0 Å². The van der Waals surface area contributed by atoms with Gasteiger partial charge in [-0.05, 0) is 26.7 Å². The standard InChI is InChI=1S/C9H19N3O4S/c1-7(2)16-9(13)12-17(14,15)11-6-5-10-8-3-4-8/h7-8,10-11H,3-6H2,1-2H3,(H,12,13). The summed E-state index contributed by atoms with van der Waals surface area (Å²) in [5.74, 6) is 0. The quantitative estimate of drug-likeness (QED) is 0.550. The second-order valence-electron chi connectivity index (χ2n) is 4.18. The minimum absolute atomic E-state index is 0.237. The Morgan fingerprint density at radius 1 is 1.35 bits per heavy atom. The van der Waals surface area contributed by atoms with Crippen molar-refractivity contribution in [2.24, 2.45) is 0 Å². The van der Waals surface area contributed by atoms with Crippen molar-refractivity contribution in [2.45, 2.75) is 38.8 Å². The molecule has 1 aliphatic rings. The first-order chi connectivity index (χ1) is 7.89. The fourth-order valence-corrected chi connectivity index (χ4v) is 1.84. The molecule has 7 nitrogen and oxygen atoms in total. The van der Waals surface area contributed by atoms with Gasteiger partial charge in [0.25, 0.3) is 0 Å². The Morgan fingerprint density at radius 2 is 2.00 bits per heavy atom. The lowest BCUT2D eigenvalue weighted by Gasteiger charge is -2.10. The monoisotopic (exact) mass is 265 g/mol. The van der Waals surface area contributed by atoms with Crippen LogP contribution in [0.2, 0.25) is 0 Å². The highest BCUT2D eigenvalue weighted by molar-refractivity contribution is 7.88. The van der Waals surface area contributed by atoms with Crippen LogP contribution in [0.15, 0.2) is 0 Å². The third-order valence-corrected chi connectivity index (χ3v) is 3.01. The van der Waals surface area contributed by atoms with Gasteiger partial charge < -0.3 is 10.1 Å². The lowest BCUT2D eigenvalue weighted by atomic mass is 10.5. The molecule has 0 bridgehead atoms. The lowest BCUT2D eigenvalue weighted by molar-refractivity contribution is 0.121. The van der Waals surface area contributed by atoms with Gasteiger partial charge in [-0.1, -0.05) is 0 Å². The van der Waals surface area contributed by atoms with Gasteiger partial charge in [0, 0.05) is 19.1 Å². The van der Waals surface area contributed by atoms with E-state index in [2.05, 4.69) is 14.8 Å². The van der Waals surface area contributed by atoms with Crippen molar-refractivity contribution in [1.82, 2.24) is 14.8 Å². The molecule has 1 aliphatic carbocycles. The number of carbonyl (C=O) groups is 1. The Balaban J connectivity index is 2.17. The van der Waals surface area contributed by atoms with Crippen molar-refractivity contribution >= 4 is 16.3 Å². The number of amides is 1. The van der Waals surface area contributed by atoms with Gasteiger partial charge in [-0.3, -0.25) is 0 Å². The topological polar surface area (TPSA) is 96.5 Å². The minimum atomic E-state index is -3.82. The maximum absolute atomic E-state index is 11.3. The molecule has 0 heterocycles. The van der Waals surface area contributed by atoms with E-state index >= 15 is 0 Å². The van der Waals surface area contributed by atoms with Crippen molar-refractivity contribution in [3.63, 3.8) is 0 Å². The summed E-state index contributed by atoms with van der Waals surface area (Å²) in [5, 5.41) is 3.14. The van der Waals surface area contributed by atoms with E-state index < -0.39 is 16.3 Å². The van der Waals surface area contributed by atoms with Gasteiger partial charge in [0.1, 0.15) is 0 Å². The van der Waals surface area contributed by atoms with Gasteiger partial charge in [0.05, 0.1) is 6.10 Å². The SMILES string of the molecule is CC(C)OC(=O)NS(=O)(=O)NCCNC1CC1. The van der Waals surface area contributed by atoms with Crippen LogP contribution in [0.1, 0.15) is 26.7 Å². The molecular weight excluding hydrogens is 246 g/mol. The summed E-state index contributed by atoms with van der Waals surface area (Å²) in [6, 6.07) is 0.526. The molecule has 0 radical (unpaired) electrons. The van der Waals surface area contributed by atoms with Gasteiger partial charge in [-0.15, -0.1) is 0 Å². The Morgan fingerprint density at radius 3 is 2.53 bits per heavy atom. The highest BCUT2D eigenvalue weighted by atomic mass is 32.2. The Labute approximate surface area is 101 Å². The molecule has 3 N–H and O–H groups in total. The second-order valence-corrected chi connectivity index (χ2v) is 5.68. The van der Waals surface area contributed by atoms with E-state index in [9.17, 15) is 13.2 Å². The number of ether oxygens (including phenoxy) is 1. The third kappa shape index (κ3) is 7.14. The summed E-state index contributed by atoms with van der Waals surface area (Å²) in [5.41, 5.74) is 0. The maximum Gasteiger partial charge on any atom is 0.422 e. The van der Waals surface area contributed by atoms with Crippen LogP contribution in [0.25, 0.3) is 0 Å². The van der Waals surface area contributed by atoms with Gasteiger partial charge in [-0.25, -0.2) is 9.52 Å². The highest BCUT2D eigenvalue weighted by Crippen LogP contribution is 2.17. The third-order valence-electron chi connectivity index (χ3n) is 1.99. The van der Waals surface area contributed by atoms with Crippen molar-refractivity contribution in [2.75, 3.05) is 13.1 Å². The fraction of sp³-hybridized carbons (Fsp3) is 0.889. The first-order valence-electron chi connectivity index (χ1n) is 5.60. The maximum atomic E-state index is 11.3. The van der Waals surface area contributed by atoms with E-state index in [1.54, 1.807) is 18.6 Å². The Bertz CT molecular complexity index is 351. The summed E-state index contributed by atoms with van der Waals surface area (Å²) in [7, 11) is -3.82. The fourth-order valence-electron chi connectivity index (χ4n) is 1.13. The molecule has 1 rings (SSSR count). The van der Waals surface area contributed by atoms with Crippen molar-refractivity contribution in [1.29, 1.82) is 0 Å². The van der Waals surface area contributed by atoms with Crippen LogP contribution in [-0.2, 0) is 14.9 Å². The summed E-state index contributed by atoms with van der Waals surface area (Å²) < 4.78 is 31.3. The van der Waals surface area contributed by atoms with Crippen LogP contribution < -0.4 is 14.8 Å². The molecule has 17 heavy (non-hydrogen) atoms. The Kier molecular flexibility index (Phi) is 5.16. The number of hydrogen-bond donors (Lipinski definition) is 3. The molecule has 100 valence electrons. The molecule has 0 spiro atoms. The van der Waals surface area contributed by atoms with E-state index in [1.165, 1.54) is 0 Å². The predicted octanol–water partition coefficient (Wildman–Crippen LogP) is -0.293. The molecule has 1 fully saturated rings. The van der Waals surface area contributed by atoms with Crippen molar-refractivity contribution < 1.29 is 17.9 Å². The van der Waals surface area contributed by atoms with Gasteiger partial charge in [-0.2, -0.15) is 13.1 Å². The summed E-state index contributed by atoms with van der Waals surface area (Å²) in [6.45, 7) is 4.06. The smallest absolute Gasteiger partial charge is 0.422 e. The van der Waals surface area contributed by atoms with E-state index in [1.807, 2.05) is 0 Å². The number of nitrogens with one attached hydrogen (secondary N) is 3. The van der Waals surface area contributed by atoms with Crippen LogP contribution in [0, 0.1) is 0 Å². The summed E-state index contributed by atoms with van der Waals surface area (Å²) in [6.07, 6.45) is 0.960. The molecule has 1 saturated carbocycles. The molecule has 0 aromatic rings. The number of rotatable bonds is 7. The van der Waals surface area contributed by atoms with Crippen LogP contribution in [0.3, 0.4) is 0 Å². The van der Waals surface area contributed by atoms with Crippen LogP contribution >= 0.6 is 0 Å². The lowest BCUT2D eigenvalue weighted by Crippen LogP contribution is -2.43. The minimum Gasteiger partial charge on any atom is -0.446 e. The van der Waals surface area contributed by atoms with Gasteiger partial charge >= 0.3 is 16.3 Å². The highest BCUT2D eigenvalue weighted by Gasteiger charge is 2.20. The van der Waals surface area contributed by atoms with E-state index in [0.717, 1.165) is 12.8 Å². The van der Waals surface area contributed by atoms with E-state index in [-0.39, 0.29) is 12.6 Å². The molecule has 1 amide bonds. The summed E-state index contributed by atoms with van der Waals surface area (Å²) >= 11 is 0. The number of hydrogen-bond acceptors (Lipinski definition) is 5. The predicted molar refractivity (Wildman–Crippen MR) is 62.7 cm³/mol. The van der Waals surface area contributed by atoms with Crippen LogP contribution in [0.4, 0.5) is 4.79 Å². The molecule has 0 atom stereocenters. The second kappa shape index (κ2) is 6.18. The molecule has 8 heteroatoms. The van der Waals surface area contributed by atoms with Gasteiger partial charge in [0.2, 0.25) is 0 Å². The zero-order valence-corrected chi connectivity index (χ0v) is 10.8. The van der Waals surface area contributed by atoms with Crippen LogP contribution in [0.5, 0.6) is 0 Å². The molecular formula is C9H19N3O4S. The first kappa shape index (κ1) is 14.2. The molecule has 0 aliphatic heterocycles. The van der Waals surface area contributed by atoms with Crippen molar-refractivity contribution in [3.05, 3.63) is 0 Å². The number of carbonyl (C=O) groups excluding carboxylic acids is 1. The Hall–Kier alpha value is -0.860. The van der Waals surface area contributed by atoms with E-state index in [4.69, 9.17) is 0 Å². The normalized spacial score (nSPS) is 15.9. The average Bonchev–Trinajstić information content (AvgIpc) is 2.93. The zero-order chi connectivity index (χ0) is 12.9. The molecule has 0 aromatic heterocycles. The van der Waals surface area contributed by atoms with E-state index in [0.29, 0.717) is 12.6 Å². The van der Waals surface area contributed by atoms with Crippen molar-refractivity contribution in [3.8, 4) is 0 Å². The largest absolute Gasteiger partial charge is 0.446 e. The molecule has 0 aromatic carbocycles. The first-order valence-corrected chi connectivity index (χ1v) is 7.09. The molecule has 0 saturated heterocycles. The molecule has 0 unspecified atom stereocenters.